The second kappa shape index (κ2) is 9.45. The summed E-state index contributed by atoms with van der Waals surface area (Å²) in [5, 5.41) is 11.5. The molecule has 1 aromatic heterocycles. The van der Waals surface area contributed by atoms with Crippen molar-refractivity contribution in [1.29, 1.82) is 0 Å². The Morgan fingerprint density at radius 3 is 1.88 bits per heavy atom. The molecule has 0 radical (unpaired) electrons. The Bertz CT molecular complexity index is 1200. The molecule has 4 aromatic rings. The highest BCUT2D eigenvalue weighted by Crippen LogP contribution is 2.26. The van der Waals surface area contributed by atoms with Crippen LogP contribution >= 0.6 is 11.6 Å². The van der Waals surface area contributed by atoms with Crippen LogP contribution in [0.15, 0.2) is 78.9 Å². The van der Waals surface area contributed by atoms with Crippen molar-refractivity contribution in [2.24, 2.45) is 0 Å². The summed E-state index contributed by atoms with van der Waals surface area (Å²) in [5.74, 6) is 2.21. The fourth-order valence-electron chi connectivity index (χ4n) is 3.05. The minimum atomic E-state index is -0.291. The van der Waals surface area contributed by atoms with Gasteiger partial charge in [-0.3, -0.25) is 4.79 Å². The number of rotatable bonds is 7. The van der Waals surface area contributed by atoms with E-state index in [0.717, 1.165) is 22.9 Å². The van der Waals surface area contributed by atoms with E-state index < -0.39 is 0 Å². The molecule has 0 atom stereocenters. The predicted molar refractivity (Wildman–Crippen MR) is 126 cm³/mol. The van der Waals surface area contributed by atoms with Gasteiger partial charge >= 0.3 is 0 Å². The third kappa shape index (κ3) is 4.84. The fraction of sp³-hybridized carbons (Fsp3) is 0.0833. The Hall–Kier alpha value is -3.97. The van der Waals surface area contributed by atoms with Gasteiger partial charge in [0.15, 0.2) is 5.82 Å². The van der Waals surface area contributed by atoms with E-state index >= 15 is 0 Å². The van der Waals surface area contributed by atoms with Crippen LogP contribution in [-0.2, 0) is 0 Å². The van der Waals surface area contributed by atoms with Gasteiger partial charge in [-0.2, -0.15) is 4.68 Å². The SMILES string of the molecule is COc1ccc(Nc2cc(Nc3ccc(OC)cc3)n(C(=O)c3ccc(Cl)cc3)n2)cc1. The highest BCUT2D eigenvalue weighted by molar-refractivity contribution is 6.30. The summed E-state index contributed by atoms with van der Waals surface area (Å²) >= 11 is 5.97. The molecule has 0 unspecified atom stereocenters. The number of benzene rings is 3. The van der Waals surface area contributed by atoms with Gasteiger partial charge in [0.1, 0.15) is 17.3 Å². The molecule has 1 heterocycles. The van der Waals surface area contributed by atoms with Gasteiger partial charge in [-0.15, -0.1) is 5.10 Å². The lowest BCUT2D eigenvalue weighted by Gasteiger charge is -2.09. The van der Waals surface area contributed by atoms with E-state index in [1.807, 2.05) is 48.5 Å². The van der Waals surface area contributed by atoms with Crippen LogP contribution in [0.4, 0.5) is 23.0 Å². The van der Waals surface area contributed by atoms with Gasteiger partial charge in [0, 0.05) is 28.0 Å². The van der Waals surface area contributed by atoms with Crippen molar-refractivity contribution in [2.45, 2.75) is 0 Å². The molecule has 0 spiro atoms. The molecule has 7 nitrogen and oxygen atoms in total. The second-order valence-corrected chi connectivity index (χ2v) is 7.28. The van der Waals surface area contributed by atoms with Crippen LogP contribution in [0.1, 0.15) is 10.4 Å². The van der Waals surface area contributed by atoms with Crippen molar-refractivity contribution in [3.05, 3.63) is 89.4 Å². The van der Waals surface area contributed by atoms with Gasteiger partial charge in [-0.25, -0.2) is 0 Å². The standard InChI is InChI=1S/C24H21ClN4O3/c1-31-20-11-7-18(8-12-20)26-22-15-23(27-19-9-13-21(32-2)14-10-19)29(28-22)24(30)16-3-5-17(25)6-4-16/h3-15,27H,1-2H3,(H,26,28). The molecule has 0 saturated carbocycles. The number of hydrogen-bond donors (Lipinski definition) is 2. The first kappa shape index (κ1) is 21.3. The summed E-state index contributed by atoms with van der Waals surface area (Å²) in [6, 6.07) is 23.3. The van der Waals surface area contributed by atoms with E-state index in [0.29, 0.717) is 22.2 Å². The molecule has 0 aliphatic rings. The number of nitrogens with one attached hydrogen (secondary N) is 2. The molecular formula is C24H21ClN4O3. The quantitative estimate of drug-likeness (QED) is 0.376. The first-order valence-electron chi connectivity index (χ1n) is 9.78. The molecule has 162 valence electrons. The Morgan fingerprint density at radius 1 is 0.812 bits per heavy atom. The molecule has 0 saturated heterocycles. The maximum absolute atomic E-state index is 13.2. The van der Waals surface area contributed by atoms with Gasteiger partial charge in [-0.05, 0) is 72.8 Å². The second-order valence-electron chi connectivity index (χ2n) is 6.85. The fourth-order valence-corrected chi connectivity index (χ4v) is 3.17. The van der Waals surface area contributed by atoms with E-state index in [2.05, 4.69) is 15.7 Å². The van der Waals surface area contributed by atoms with Crippen LogP contribution in [0.3, 0.4) is 0 Å². The Balaban J connectivity index is 1.66. The normalized spacial score (nSPS) is 10.5. The average molecular weight is 449 g/mol. The molecule has 8 heteroatoms. The van der Waals surface area contributed by atoms with E-state index in [-0.39, 0.29) is 5.91 Å². The lowest BCUT2D eigenvalue weighted by molar-refractivity contribution is 0.0948. The molecule has 4 rings (SSSR count). The van der Waals surface area contributed by atoms with Crippen molar-refractivity contribution < 1.29 is 14.3 Å². The van der Waals surface area contributed by atoms with Crippen LogP contribution in [-0.4, -0.2) is 29.9 Å². The number of hydrogen-bond acceptors (Lipinski definition) is 6. The molecule has 0 amide bonds. The minimum Gasteiger partial charge on any atom is -0.497 e. The number of anilines is 4. The lowest BCUT2D eigenvalue weighted by Crippen LogP contribution is -2.16. The number of nitrogens with zero attached hydrogens (tertiary/aromatic N) is 2. The van der Waals surface area contributed by atoms with Crippen molar-refractivity contribution in [3.8, 4) is 11.5 Å². The van der Waals surface area contributed by atoms with Gasteiger partial charge in [0.2, 0.25) is 0 Å². The van der Waals surface area contributed by atoms with Crippen molar-refractivity contribution in [3.63, 3.8) is 0 Å². The first-order chi connectivity index (χ1) is 15.6. The average Bonchev–Trinajstić information content (AvgIpc) is 3.22. The zero-order chi connectivity index (χ0) is 22.5. The van der Waals surface area contributed by atoms with Crippen LogP contribution in [0, 0.1) is 0 Å². The topological polar surface area (TPSA) is 77.4 Å². The Labute approximate surface area is 190 Å². The largest absolute Gasteiger partial charge is 0.497 e. The monoisotopic (exact) mass is 448 g/mol. The number of methoxy groups -OCH3 is 2. The molecule has 3 aromatic carbocycles. The van der Waals surface area contributed by atoms with Gasteiger partial charge in [0.05, 0.1) is 14.2 Å². The number of aromatic nitrogens is 2. The third-order valence-corrected chi connectivity index (χ3v) is 4.97. The summed E-state index contributed by atoms with van der Waals surface area (Å²) in [7, 11) is 3.23. The van der Waals surface area contributed by atoms with Gasteiger partial charge in [0.25, 0.3) is 5.91 Å². The van der Waals surface area contributed by atoms with Crippen molar-refractivity contribution in [1.82, 2.24) is 9.78 Å². The number of carbonyl (C=O) groups is 1. The number of ether oxygens (including phenoxy) is 2. The lowest BCUT2D eigenvalue weighted by atomic mass is 10.2. The van der Waals surface area contributed by atoms with Crippen LogP contribution in [0.2, 0.25) is 5.02 Å². The molecule has 0 bridgehead atoms. The Kier molecular flexibility index (Phi) is 6.28. The van der Waals surface area contributed by atoms with Gasteiger partial charge < -0.3 is 20.1 Å². The zero-order valence-electron chi connectivity index (χ0n) is 17.5. The molecule has 0 aliphatic heterocycles. The van der Waals surface area contributed by atoms with Crippen molar-refractivity contribution >= 4 is 40.5 Å². The van der Waals surface area contributed by atoms with E-state index in [9.17, 15) is 4.79 Å². The van der Waals surface area contributed by atoms with Crippen LogP contribution < -0.4 is 20.1 Å². The summed E-state index contributed by atoms with van der Waals surface area (Å²) in [4.78, 5) is 13.2. The smallest absolute Gasteiger partial charge is 0.280 e. The van der Waals surface area contributed by atoms with E-state index in [1.54, 1.807) is 44.6 Å². The summed E-state index contributed by atoms with van der Waals surface area (Å²) < 4.78 is 11.7. The van der Waals surface area contributed by atoms with Gasteiger partial charge in [-0.1, -0.05) is 11.6 Å². The summed E-state index contributed by atoms with van der Waals surface area (Å²) in [5.41, 5.74) is 2.06. The third-order valence-electron chi connectivity index (χ3n) is 4.72. The van der Waals surface area contributed by atoms with E-state index in [4.69, 9.17) is 21.1 Å². The van der Waals surface area contributed by atoms with Crippen LogP contribution in [0.5, 0.6) is 11.5 Å². The maximum atomic E-state index is 13.2. The molecule has 2 N–H and O–H groups in total. The predicted octanol–water partition coefficient (Wildman–Crippen LogP) is 5.73. The molecule has 0 fully saturated rings. The maximum Gasteiger partial charge on any atom is 0.280 e. The highest BCUT2D eigenvalue weighted by atomic mass is 35.5. The summed E-state index contributed by atoms with van der Waals surface area (Å²) in [6.07, 6.45) is 0. The summed E-state index contributed by atoms with van der Waals surface area (Å²) in [6.45, 7) is 0. The van der Waals surface area contributed by atoms with E-state index in [1.165, 1.54) is 4.68 Å². The highest BCUT2D eigenvalue weighted by Gasteiger charge is 2.17. The Morgan fingerprint density at radius 2 is 1.34 bits per heavy atom. The molecule has 32 heavy (non-hydrogen) atoms. The molecular weight excluding hydrogens is 428 g/mol. The minimum absolute atomic E-state index is 0.291. The number of carbonyl (C=O) groups excluding carboxylic acids is 1. The number of halogens is 1. The molecule has 0 aliphatic carbocycles. The van der Waals surface area contributed by atoms with Crippen LogP contribution in [0.25, 0.3) is 0 Å². The van der Waals surface area contributed by atoms with Crippen molar-refractivity contribution in [2.75, 3.05) is 24.9 Å². The zero-order valence-corrected chi connectivity index (χ0v) is 18.3. The first-order valence-corrected chi connectivity index (χ1v) is 10.2.